The van der Waals surface area contributed by atoms with Gasteiger partial charge < -0.3 is 41.6 Å². The van der Waals surface area contributed by atoms with Gasteiger partial charge in [0.05, 0.1) is 12.7 Å². The number of aliphatic hydroxyl groups excluding tert-OH is 1. The Balaban J connectivity index is 1.35. The SMILES string of the molecule is CCN[C@H]1C=C2C=CCC[C@H]2C[C@H]1[C@H](CCCO)OC(=O)[C@]12O[C@@]1(C/C=C(\C)C[C@@H](NC(N)=NC)c1ccnc(NCNC)c1)C(=O)c1cccc(CC(C)C)c1C2=O. The molecule has 0 bridgehead atoms. The van der Waals surface area contributed by atoms with Crippen LogP contribution in [0.1, 0.15) is 111 Å². The Bertz CT molecular complexity index is 1990. The van der Waals surface area contributed by atoms with Crippen molar-refractivity contribution in [2.75, 3.05) is 39.2 Å². The van der Waals surface area contributed by atoms with E-state index >= 15 is 4.79 Å². The zero-order chi connectivity index (χ0) is 42.3. The quantitative estimate of drug-likeness (QED) is 0.0204. The average Bonchev–Trinajstić information content (AvgIpc) is 3.94. The molecule has 2 heterocycles. The number of epoxide rings is 1. The Morgan fingerprint density at radius 2 is 2.03 bits per heavy atom. The average molecular weight is 810 g/mol. The molecule has 0 radical (unpaired) electrons. The van der Waals surface area contributed by atoms with E-state index in [2.05, 4.69) is 63.3 Å². The zero-order valence-corrected chi connectivity index (χ0v) is 35.5. The molecule has 318 valence electrons. The summed E-state index contributed by atoms with van der Waals surface area (Å²) in [6.07, 6.45) is 14.2. The highest BCUT2D eigenvalue weighted by Gasteiger charge is 2.85. The van der Waals surface area contributed by atoms with E-state index in [1.807, 2.05) is 45.2 Å². The van der Waals surface area contributed by atoms with Gasteiger partial charge in [0.15, 0.2) is 17.3 Å². The second-order valence-corrected chi connectivity index (χ2v) is 16.8. The number of ketones is 2. The second kappa shape index (κ2) is 19.1. The number of carbonyl (C=O) groups is 3. The van der Waals surface area contributed by atoms with Crippen LogP contribution in [0.4, 0.5) is 5.82 Å². The number of nitrogens with two attached hydrogens (primary N) is 1. The lowest BCUT2D eigenvalue weighted by Crippen LogP contribution is -2.53. The van der Waals surface area contributed by atoms with Crippen molar-refractivity contribution in [3.05, 3.63) is 94.2 Å². The van der Waals surface area contributed by atoms with Gasteiger partial charge in [-0.1, -0.05) is 68.8 Å². The molecule has 0 amide bonds. The van der Waals surface area contributed by atoms with Gasteiger partial charge in [-0.15, -0.1) is 0 Å². The highest BCUT2D eigenvalue weighted by atomic mass is 16.7. The maximum atomic E-state index is 15.0. The number of nitrogens with one attached hydrogen (secondary N) is 4. The third-order valence-corrected chi connectivity index (χ3v) is 12.2. The number of allylic oxidation sites excluding steroid dienone is 3. The number of aliphatic hydroxyl groups is 1. The molecule has 13 heteroatoms. The molecular weight excluding hydrogens is 747 g/mol. The number of nitrogens with zero attached hydrogens (tertiary/aromatic N) is 2. The van der Waals surface area contributed by atoms with E-state index in [0.717, 1.165) is 30.4 Å². The molecule has 59 heavy (non-hydrogen) atoms. The molecule has 1 saturated heterocycles. The lowest BCUT2D eigenvalue weighted by atomic mass is 9.70. The normalized spacial score (nSPS) is 26.0. The van der Waals surface area contributed by atoms with Crippen LogP contribution < -0.4 is 27.0 Å². The van der Waals surface area contributed by atoms with E-state index in [0.29, 0.717) is 56.2 Å². The number of hydrogen-bond donors (Lipinski definition) is 6. The third kappa shape index (κ3) is 9.08. The molecule has 1 fully saturated rings. The first-order valence-corrected chi connectivity index (χ1v) is 21.3. The summed E-state index contributed by atoms with van der Waals surface area (Å²) in [5.41, 5.74) is 6.54. The van der Waals surface area contributed by atoms with Gasteiger partial charge in [-0.25, -0.2) is 9.78 Å². The van der Waals surface area contributed by atoms with E-state index in [4.69, 9.17) is 15.2 Å². The first-order valence-electron chi connectivity index (χ1n) is 21.3. The minimum Gasteiger partial charge on any atom is -0.459 e. The van der Waals surface area contributed by atoms with Crippen molar-refractivity contribution < 1.29 is 29.0 Å². The van der Waals surface area contributed by atoms with Crippen molar-refractivity contribution in [1.29, 1.82) is 0 Å². The van der Waals surface area contributed by atoms with Gasteiger partial charge >= 0.3 is 5.97 Å². The number of benzene rings is 1. The number of rotatable bonds is 19. The van der Waals surface area contributed by atoms with E-state index in [1.54, 1.807) is 25.4 Å². The Morgan fingerprint density at radius 1 is 1.22 bits per heavy atom. The summed E-state index contributed by atoms with van der Waals surface area (Å²) in [7, 11) is 3.45. The predicted molar refractivity (Wildman–Crippen MR) is 230 cm³/mol. The van der Waals surface area contributed by atoms with Crippen LogP contribution in [0.3, 0.4) is 0 Å². The summed E-state index contributed by atoms with van der Waals surface area (Å²) >= 11 is 0. The third-order valence-electron chi connectivity index (χ3n) is 12.2. The van der Waals surface area contributed by atoms with Crippen LogP contribution in [-0.2, 0) is 20.7 Å². The second-order valence-electron chi connectivity index (χ2n) is 16.8. The molecule has 3 aliphatic carbocycles. The fourth-order valence-electron chi connectivity index (χ4n) is 9.24. The fraction of sp³-hybridized carbons (Fsp3) is 0.543. The lowest BCUT2D eigenvalue weighted by Gasteiger charge is -2.40. The van der Waals surface area contributed by atoms with E-state index in [1.165, 1.54) is 5.57 Å². The van der Waals surface area contributed by atoms with E-state index in [-0.39, 0.29) is 54.0 Å². The number of carbonyl (C=O) groups excluding carboxylic acids is 3. The Kier molecular flexibility index (Phi) is 14.2. The fourth-order valence-corrected chi connectivity index (χ4v) is 9.24. The van der Waals surface area contributed by atoms with Crippen LogP contribution in [-0.4, -0.2) is 90.8 Å². The summed E-state index contributed by atoms with van der Waals surface area (Å²) in [5.74, 6) is -0.427. The zero-order valence-electron chi connectivity index (χ0n) is 35.5. The molecule has 13 nitrogen and oxygen atoms in total. The molecule has 1 aromatic carbocycles. The summed E-state index contributed by atoms with van der Waals surface area (Å²) in [6, 6.07) is 8.76. The Labute approximate surface area is 348 Å². The summed E-state index contributed by atoms with van der Waals surface area (Å²) in [5, 5.41) is 23.1. The van der Waals surface area contributed by atoms with Gasteiger partial charge in [0.1, 0.15) is 11.9 Å². The minimum absolute atomic E-state index is 0.0208. The van der Waals surface area contributed by atoms with Crippen LogP contribution >= 0.6 is 0 Å². The monoisotopic (exact) mass is 809 g/mol. The van der Waals surface area contributed by atoms with Gasteiger partial charge in [-0.3, -0.25) is 14.6 Å². The van der Waals surface area contributed by atoms with E-state index < -0.39 is 34.8 Å². The molecule has 2 aromatic rings. The molecule has 7 N–H and O–H groups in total. The smallest absolute Gasteiger partial charge is 0.350 e. The summed E-state index contributed by atoms with van der Waals surface area (Å²) in [6.45, 7) is 9.27. The molecule has 0 unspecified atom stereocenters. The number of aliphatic imine (C=N–C) groups is 1. The number of anilines is 1. The molecule has 4 aliphatic rings. The first-order chi connectivity index (χ1) is 28.4. The van der Waals surface area contributed by atoms with Crippen LogP contribution in [0.5, 0.6) is 0 Å². The molecule has 1 aliphatic heterocycles. The van der Waals surface area contributed by atoms with Crippen molar-refractivity contribution in [3.8, 4) is 0 Å². The van der Waals surface area contributed by atoms with E-state index in [9.17, 15) is 14.7 Å². The number of pyridine rings is 1. The van der Waals surface area contributed by atoms with Crippen molar-refractivity contribution in [3.63, 3.8) is 0 Å². The molecule has 7 atom stereocenters. The van der Waals surface area contributed by atoms with Crippen molar-refractivity contribution in [1.82, 2.24) is 20.9 Å². The molecular formula is C46H63N7O6. The summed E-state index contributed by atoms with van der Waals surface area (Å²) in [4.78, 5) is 53.4. The van der Waals surface area contributed by atoms with Gasteiger partial charge in [0.25, 0.3) is 5.60 Å². The van der Waals surface area contributed by atoms with Gasteiger partial charge in [0, 0.05) is 49.4 Å². The lowest BCUT2D eigenvalue weighted by molar-refractivity contribution is -0.158. The van der Waals surface area contributed by atoms with Crippen LogP contribution in [0.25, 0.3) is 0 Å². The Morgan fingerprint density at radius 3 is 2.76 bits per heavy atom. The van der Waals surface area contributed by atoms with Crippen LogP contribution in [0.2, 0.25) is 0 Å². The summed E-state index contributed by atoms with van der Waals surface area (Å²) < 4.78 is 13.0. The van der Waals surface area contributed by atoms with Gasteiger partial charge in [-0.05, 0) is 106 Å². The number of guanidine groups is 1. The number of Topliss-reactive ketones (excluding diaryl/α,β-unsaturated/α-hetero) is 2. The number of fused-ring (bicyclic) bond motifs is 3. The molecule has 0 saturated carbocycles. The van der Waals surface area contributed by atoms with Gasteiger partial charge in [-0.2, -0.15) is 0 Å². The largest absolute Gasteiger partial charge is 0.459 e. The highest BCUT2D eigenvalue weighted by molar-refractivity contribution is 6.33. The number of ether oxygens (including phenoxy) is 2. The van der Waals surface area contributed by atoms with Crippen molar-refractivity contribution in [2.45, 2.75) is 108 Å². The number of likely N-dealkylation sites (N-methyl/N-ethyl adjacent to an activating group) is 1. The predicted octanol–water partition coefficient (Wildman–Crippen LogP) is 5.33. The standard InChI is InChI=1S/C46H63N7O6/c1-7-50-37-25-31-13-9-8-12-30(31)24-35(37)38(16-11-21-54)58-43(57)46-42(56)40-33(22-28(2)3)14-10-15-34(40)41(55)45(46,59-46)19-17-29(4)23-36(53-44(47)49-6)32-18-20-51-39(26-32)52-27-48-5/h9-10,13-15,17-18,20,25-26,28,30,35-38,48,50,54H,7-8,11-12,16,19,21-24,27H2,1-6H3,(H,51,52)(H3,47,49,53)/b29-17+/t30-,35+,36+,37-,38-,45-,46-/m0/s1. The van der Waals surface area contributed by atoms with Crippen LogP contribution in [0.15, 0.2) is 77.0 Å². The number of esters is 1. The molecule has 1 aromatic heterocycles. The maximum absolute atomic E-state index is 15.0. The molecule has 6 rings (SSSR count). The number of aromatic nitrogens is 1. The van der Waals surface area contributed by atoms with Crippen LogP contribution in [0, 0.1) is 17.8 Å². The Hall–Kier alpha value is -4.69. The van der Waals surface area contributed by atoms with Gasteiger partial charge in [0.2, 0.25) is 5.78 Å². The minimum atomic E-state index is -2.15. The van der Waals surface area contributed by atoms with Crippen molar-refractivity contribution >= 4 is 29.3 Å². The topological polar surface area (TPSA) is 193 Å². The first kappa shape index (κ1) is 43.9. The number of hydrogen-bond acceptors (Lipinski definition) is 11. The van der Waals surface area contributed by atoms with Crippen molar-refractivity contribution in [2.24, 2.45) is 28.5 Å². The highest BCUT2D eigenvalue weighted by Crippen LogP contribution is 2.59. The molecule has 0 spiro atoms. The maximum Gasteiger partial charge on any atom is 0.350 e.